The Balaban J connectivity index is 3.26. The van der Waals surface area contributed by atoms with E-state index in [0.717, 1.165) is 5.56 Å². The molecule has 1 aromatic carbocycles. The summed E-state index contributed by atoms with van der Waals surface area (Å²) in [5.41, 5.74) is 0.517. The highest BCUT2D eigenvalue weighted by Gasteiger charge is 2.24. The van der Waals surface area contributed by atoms with Crippen molar-refractivity contribution >= 4 is 12.2 Å². The van der Waals surface area contributed by atoms with Gasteiger partial charge in [0.05, 0.1) is 0 Å². The highest BCUT2D eigenvalue weighted by atomic mass is 16.1. The smallest absolute Gasteiger partial charge is 0.211 e. The van der Waals surface area contributed by atoms with Crippen molar-refractivity contribution in [1.29, 1.82) is 0 Å². The van der Waals surface area contributed by atoms with E-state index in [4.69, 9.17) is 0 Å². The molecular formula is C11H10N2O2. The fourth-order valence-corrected chi connectivity index (χ4v) is 1.20. The van der Waals surface area contributed by atoms with E-state index >= 15 is 0 Å². The Morgan fingerprint density at radius 3 is 1.93 bits per heavy atom. The molecule has 0 radical (unpaired) electrons. The van der Waals surface area contributed by atoms with Crippen LogP contribution in [0.3, 0.4) is 0 Å². The van der Waals surface area contributed by atoms with Crippen molar-refractivity contribution in [2.75, 3.05) is 0 Å². The number of aryl methyl sites for hydroxylation is 1. The summed E-state index contributed by atoms with van der Waals surface area (Å²) in [6.45, 7) is 3.49. The van der Waals surface area contributed by atoms with Gasteiger partial charge in [0.2, 0.25) is 12.2 Å². The van der Waals surface area contributed by atoms with Gasteiger partial charge in [-0.1, -0.05) is 29.8 Å². The minimum absolute atomic E-state index is 0.653. The summed E-state index contributed by atoms with van der Waals surface area (Å²) in [5, 5.41) is 0. The maximum atomic E-state index is 10.3. The molecule has 0 aromatic heterocycles. The Labute approximate surface area is 87.4 Å². The van der Waals surface area contributed by atoms with Crippen LogP contribution in [0.4, 0.5) is 0 Å². The first-order chi connectivity index (χ1) is 7.12. The number of hydrogen-bond acceptors (Lipinski definition) is 4. The van der Waals surface area contributed by atoms with Crippen LogP contribution in [0.15, 0.2) is 34.3 Å². The van der Waals surface area contributed by atoms with Crippen molar-refractivity contribution in [1.82, 2.24) is 0 Å². The summed E-state index contributed by atoms with van der Waals surface area (Å²) < 4.78 is 0. The maximum Gasteiger partial charge on any atom is 0.237 e. The highest BCUT2D eigenvalue weighted by Crippen LogP contribution is 2.26. The zero-order valence-corrected chi connectivity index (χ0v) is 8.52. The van der Waals surface area contributed by atoms with Crippen molar-refractivity contribution in [3.63, 3.8) is 0 Å². The van der Waals surface area contributed by atoms with Crippen molar-refractivity contribution in [3.8, 4) is 0 Å². The van der Waals surface area contributed by atoms with E-state index in [0.29, 0.717) is 5.56 Å². The Kier molecular flexibility index (Phi) is 3.29. The third-order valence-electron chi connectivity index (χ3n) is 2.13. The molecule has 1 aromatic rings. The van der Waals surface area contributed by atoms with Crippen LogP contribution in [0.25, 0.3) is 0 Å². The van der Waals surface area contributed by atoms with Gasteiger partial charge in [0.25, 0.3) is 0 Å². The van der Waals surface area contributed by atoms with E-state index < -0.39 is 5.66 Å². The second-order valence-electron chi connectivity index (χ2n) is 3.29. The van der Waals surface area contributed by atoms with E-state index in [1.54, 1.807) is 19.1 Å². The van der Waals surface area contributed by atoms with Gasteiger partial charge in [-0.2, -0.15) is 9.98 Å². The quantitative estimate of drug-likeness (QED) is 0.554. The molecule has 0 atom stereocenters. The molecule has 4 nitrogen and oxygen atoms in total. The lowest BCUT2D eigenvalue weighted by Gasteiger charge is -2.16. The maximum absolute atomic E-state index is 10.3. The zero-order chi connectivity index (χ0) is 11.3. The Bertz CT molecular complexity index is 420. The van der Waals surface area contributed by atoms with Crippen molar-refractivity contribution in [2.24, 2.45) is 9.98 Å². The van der Waals surface area contributed by atoms with Gasteiger partial charge in [-0.25, -0.2) is 9.59 Å². The average molecular weight is 202 g/mol. The number of carbonyl (C=O) groups excluding carboxylic acids is 2. The fourth-order valence-electron chi connectivity index (χ4n) is 1.20. The minimum Gasteiger partial charge on any atom is -0.211 e. The fraction of sp³-hybridized carbons (Fsp3) is 0.273. The molecule has 76 valence electrons. The van der Waals surface area contributed by atoms with Crippen molar-refractivity contribution in [2.45, 2.75) is 19.5 Å². The van der Waals surface area contributed by atoms with Crippen LogP contribution in [0.5, 0.6) is 0 Å². The number of isocyanates is 2. The SMILES string of the molecule is Cc1ccc(C(C)(N=C=O)N=C=O)cc1. The summed E-state index contributed by atoms with van der Waals surface area (Å²) in [6.07, 6.45) is 2.82. The van der Waals surface area contributed by atoms with Crippen LogP contribution in [0.2, 0.25) is 0 Å². The lowest BCUT2D eigenvalue weighted by Crippen LogP contribution is -2.15. The van der Waals surface area contributed by atoms with Gasteiger partial charge in [0.15, 0.2) is 5.66 Å². The Hall–Kier alpha value is -2.02. The van der Waals surface area contributed by atoms with E-state index in [9.17, 15) is 9.59 Å². The van der Waals surface area contributed by atoms with E-state index in [1.165, 1.54) is 12.2 Å². The number of nitrogens with zero attached hydrogens (tertiary/aromatic N) is 2. The molecule has 0 saturated carbocycles. The number of hydrogen-bond donors (Lipinski definition) is 0. The Morgan fingerprint density at radius 2 is 1.53 bits per heavy atom. The summed E-state index contributed by atoms with van der Waals surface area (Å²) >= 11 is 0. The van der Waals surface area contributed by atoms with E-state index in [2.05, 4.69) is 9.98 Å². The number of rotatable bonds is 3. The van der Waals surface area contributed by atoms with Gasteiger partial charge in [-0.15, -0.1) is 0 Å². The molecule has 4 heteroatoms. The van der Waals surface area contributed by atoms with Crippen LogP contribution < -0.4 is 0 Å². The number of benzene rings is 1. The normalized spacial score (nSPS) is 13.2. The summed E-state index contributed by atoms with van der Waals surface area (Å²) in [7, 11) is 0. The lowest BCUT2D eigenvalue weighted by atomic mass is 10.0. The zero-order valence-electron chi connectivity index (χ0n) is 8.52. The molecular weight excluding hydrogens is 192 g/mol. The van der Waals surface area contributed by atoms with Crippen molar-refractivity contribution < 1.29 is 9.59 Å². The van der Waals surface area contributed by atoms with Gasteiger partial charge in [0, 0.05) is 5.56 Å². The third-order valence-corrected chi connectivity index (χ3v) is 2.13. The van der Waals surface area contributed by atoms with Crippen LogP contribution in [0.1, 0.15) is 18.1 Å². The largest absolute Gasteiger partial charge is 0.237 e. The molecule has 0 heterocycles. The van der Waals surface area contributed by atoms with Crippen LogP contribution in [-0.4, -0.2) is 12.2 Å². The molecule has 0 aliphatic carbocycles. The standard InChI is InChI=1S/C11H10N2O2/c1-9-3-5-10(6-4-9)11(2,12-7-14)13-8-15/h3-6H,1-2H3. The minimum atomic E-state index is -1.21. The second kappa shape index (κ2) is 4.47. The van der Waals surface area contributed by atoms with E-state index in [1.807, 2.05) is 19.1 Å². The monoisotopic (exact) mass is 202 g/mol. The van der Waals surface area contributed by atoms with E-state index in [-0.39, 0.29) is 0 Å². The molecule has 0 unspecified atom stereocenters. The second-order valence-corrected chi connectivity index (χ2v) is 3.29. The molecule has 0 aliphatic heterocycles. The summed E-state index contributed by atoms with van der Waals surface area (Å²) in [6, 6.07) is 7.23. The Morgan fingerprint density at radius 1 is 1.07 bits per heavy atom. The third kappa shape index (κ3) is 2.47. The molecule has 0 bridgehead atoms. The molecule has 0 N–H and O–H groups in total. The molecule has 15 heavy (non-hydrogen) atoms. The van der Waals surface area contributed by atoms with Crippen LogP contribution >= 0.6 is 0 Å². The summed E-state index contributed by atoms with van der Waals surface area (Å²) in [5.74, 6) is 0. The highest BCUT2D eigenvalue weighted by molar-refractivity contribution is 5.42. The first kappa shape index (κ1) is 11.1. The predicted molar refractivity (Wildman–Crippen MR) is 54.8 cm³/mol. The van der Waals surface area contributed by atoms with Gasteiger partial charge in [-0.3, -0.25) is 0 Å². The molecule has 0 spiro atoms. The first-order valence-electron chi connectivity index (χ1n) is 4.37. The van der Waals surface area contributed by atoms with Crippen molar-refractivity contribution in [3.05, 3.63) is 35.4 Å². The molecule has 0 amide bonds. The molecule has 0 fully saturated rings. The molecule has 0 aliphatic rings. The number of aliphatic imine (C=N–C) groups is 2. The van der Waals surface area contributed by atoms with Gasteiger partial charge in [0.1, 0.15) is 0 Å². The van der Waals surface area contributed by atoms with Gasteiger partial charge in [-0.05, 0) is 13.8 Å². The average Bonchev–Trinajstić information content (AvgIpc) is 2.19. The van der Waals surface area contributed by atoms with Crippen LogP contribution in [0, 0.1) is 6.92 Å². The predicted octanol–water partition coefficient (Wildman–Crippen LogP) is 1.84. The van der Waals surface area contributed by atoms with Crippen LogP contribution in [-0.2, 0) is 15.3 Å². The van der Waals surface area contributed by atoms with Gasteiger partial charge < -0.3 is 0 Å². The summed E-state index contributed by atoms with van der Waals surface area (Å²) in [4.78, 5) is 27.5. The molecule has 1 rings (SSSR count). The lowest BCUT2D eigenvalue weighted by molar-refractivity contribution is 0.492. The first-order valence-corrected chi connectivity index (χ1v) is 4.37. The molecule has 0 saturated heterocycles. The topological polar surface area (TPSA) is 58.9 Å². The van der Waals surface area contributed by atoms with Gasteiger partial charge >= 0.3 is 0 Å².